The fraction of sp³-hybridized carbons (Fsp3) is 0.412. The van der Waals surface area contributed by atoms with Crippen molar-refractivity contribution in [1.29, 1.82) is 0 Å². The summed E-state index contributed by atoms with van der Waals surface area (Å²) >= 11 is 0. The van der Waals surface area contributed by atoms with Crippen LogP contribution in [0.15, 0.2) is 30.3 Å². The van der Waals surface area contributed by atoms with Gasteiger partial charge in [0.1, 0.15) is 5.82 Å². The molecule has 1 aromatic carbocycles. The first-order valence-electron chi connectivity index (χ1n) is 7.55. The molecule has 1 fully saturated rings. The molecule has 0 saturated heterocycles. The van der Waals surface area contributed by atoms with E-state index >= 15 is 0 Å². The fourth-order valence-corrected chi connectivity index (χ4v) is 2.92. The van der Waals surface area contributed by atoms with Crippen molar-refractivity contribution in [2.45, 2.75) is 38.5 Å². The first-order chi connectivity index (χ1) is 10.1. The molecule has 1 aliphatic rings. The minimum atomic E-state index is -0.0871. The zero-order valence-corrected chi connectivity index (χ0v) is 12.6. The molecule has 0 aliphatic heterocycles. The van der Waals surface area contributed by atoms with Crippen LogP contribution in [0.25, 0.3) is 0 Å². The molecule has 1 saturated carbocycles. The standard InChI is InChI=1S/C17H21N3O/c1-12-7-9-14(10-8-12)17(21)18-16-11-15(19-20(16)2)13-5-3-4-6-13/h7-11,13H,3-6H2,1-2H3,(H,18,21). The van der Waals surface area contributed by atoms with Gasteiger partial charge in [-0.1, -0.05) is 30.5 Å². The molecule has 1 amide bonds. The number of nitrogens with one attached hydrogen (secondary N) is 1. The smallest absolute Gasteiger partial charge is 0.256 e. The molecule has 0 unspecified atom stereocenters. The number of nitrogens with zero attached hydrogens (tertiary/aromatic N) is 2. The molecule has 110 valence electrons. The Morgan fingerprint density at radius 1 is 1.24 bits per heavy atom. The van der Waals surface area contributed by atoms with E-state index in [9.17, 15) is 4.79 Å². The van der Waals surface area contributed by atoms with Crippen molar-refractivity contribution >= 4 is 11.7 Å². The van der Waals surface area contributed by atoms with E-state index in [0.717, 1.165) is 17.1 Å². The summed E-state index contributed by atoms with van der Waals surface area (Å²) in [5, 5.41) is 7.51. The highest BCUT2D eigenvalue weighted by Crippen LogP contribution is 2.34. The van der Waals surface area contributed by atoms with Crippen molar-refractivity contribution < 1.29 is 4.79 Å². The van der Waals surface area contributed by atoms with Crippen LogP contribution < -0.4 is 5.32 Å². The van der Waals surface area contributed by atoms with Crippen LogP contribution in [0.1, 0.15) is 53.2 Å². The number of aryl methyl sites for hydroxylation is 2. The predicted octanol–water partition coefficient (Wildman–Crippen LogP) is 3.64. The Balaban J connectivity index is 1.75. The van der Waals surface area contributed by atoms with Gasteiger partial charge in [-0.2, -0.15) is 5.10 Å². The second-order valence-corrected chi connectivity index (χ2v) is 5.88. The average molecular weight is 283 g/mol. The SMILES string of the molecule is Cc1ccc(C(=O)Nc2cc(C3CCCC3)nn2C)cc1. The van der Waals surface area contributed by atoms with E-state index < -0.39 is 0 Å². The van der Waals surface area contributed by atoms with E-state index in [1.54, 1.807) is 4.68 Å². The summed E-state index contributed by atoms with van der Waals surface area (Å²) in [6, 6.07) is 9.60. The van der Waals surface area contributed by atoms with Crippen LogP contribution in [0.5, 0.6) is 0 Å². The molecule has 2 aromatic rings. The van der Waals surface area contributed by atoms with Crippen molar-refractivity contribution in [3.8, 4) is 0 Å². The number of benzene rings is 1. The van der Waals surface area contributed by atoms with Gasteiger partial charge in [0, 0.05) is 24.6 Å². The van der Waals surface area contributed by atoms with Gasteiger partial charge in [-0.05, 0) is 31.9 Å². The summed E-state index contributed by atoms with van der Waals surface area (Å²) in [6.45, 7) is 2.01. The van der Waals surface area contributed by atoms with Crippen LogP contribution in [0.2, 0.25) is 0 Å². The van der Waals surface area contributed by atoms with Gasteiger partial charge < -0.3 is 5.32 Å². The Bertz CT molecular complexity index is 637. The van der Waals surface area contributed by atoms with Crippen molar-refractivity contribution in [2.75, 3.05) is 5.32 Å². The molecule has 3 rings (SSSR count). The summed E-state index contributed by atoms with van der Waals surface area (Å²) in [7, 11) is 1.88. The van der Waals surface area contributed by atoms with Crippen molar-refractivity contribution in [2.24, 2.45) is 7.05 Å². The number of amides is 1. The van der Waals surface area contributed by atoms with Crippen LogP contribution in [0.4, 0.5) is 5.82 Å². The quantitative estimate of drug-likeness (QED) is 0.934. The lowest BCUT2D eigenvalue weighted by atomic mass is 10.0. The Morgan fingerprint density at radius 3 is 2.57 bits per heavy atom. The van der Waals surface area contributed by atoms with Crippen molar-refractivity contribution in [1.82, 2.24) is 9.78 Å². The molecule has 4 heteroatoms. The minimum Gasteiger partial charge on any atom is -0.307 e. The lowest BCUT2D eigenvalue weighted by Gasteiger charge is -2.05. The average Bonchev–Trinajstić information content (AvgIpc) is 3.10. The van der Waals surface area contributed by atoms with Crippen molar-refractivity contribution in [3.63, 3.8) is 0 Å². The maximum atomic E-state index is 12.3. The van der Waals surface area contributed by atoms with Crippen LogP contribution in [-0.4, -0.2) is 15.7 Å². The summed E-state index contributed by atoms with van der Waals surface area (Å²) in [5.74, 6) is 1.24. The van der Waals surface area contributed by atoms with Gasteiger partial charge in [-0.25, -0.2) is 0 Å². The molecule has 0 radical (unpaired) electrons. The van der Waals surface area contributed by atoms with Gasteiger partial charge in [0.25, 0.3) is 5.91 Å². The fourth-order valence-electron chi connectivity index (χ4n) is 2.92. The summed E-state index contributed by atoms with van der Waals surface area (Å²) in [4.78, 5) is 12.3. The first-order valence-corrected chi connectivity index (χ1v) is 7.55. The molecule has 0 spiro atoms. The number of carbonyl (C=O) groups is 1. The first kappa shape index (κ1) is 13.9. The number of carbonyl (C=O) groups excluding carboxylic acids is 1. The van der Waals surface area contributed by atoms with E-state index in [4.69, 9.17) is 0 Å². The maximum Gasteiger partial charge on any atom is 0.256 e. The molecule has 21 heavy (non-hydrogen) atoms. The van der Waals surface area contributed by atoms with E-state index in [-0.39, 0.29) is 5.91 Å². The van der Waals surface area contributed by atoms with Gasteiger partial charge in [-0.3, -0.25) is 9.48 Å². The van der Waals surface area contributed by atoms with Crippen LogP contribution in [0.3, 0.4) is 0 Å². The summed E-state index contributed by atoms with van der Waals surface area (Å²) in [6.07, 6.45) is 4.99. The minimum absolute atomic E-state index is 0.0871. The maximum absolute atomic E-state index is 12.3. The van der Waals surface area contributed by atoms with E-state index in [0.29, 0.717) is 11.5 Å². The van der Waals surface area contributed by atoms with Gasteiger partial charge in [0.15, 0.2) is 0 Å². The summed E-state index contributed by atoms with van der Waals surface area (Å²) < 4.78 is 1.76. The van der Waals surface area contributed by atoms with E-state index in [1.165, 1.54) is 25.7 Å². The van der Waals surface area contributed by atoms with E-state index in [2.05, 4.69) is 10.4 Å². The normalized spacial score (nSPS) is 15.3. The Morgan fingerprint density at radius 2 is 1.90 bits per heavy atom. The third kappa shape index (κ3) is 2.99. The van der Waals surface area contributed by atoms with Crippen LogP contribution in [-0.2, 0) is 7.05 Å². The van der Waals surface area contributed by atoms with E-state index in [1.807, 2.05) is 44.3 Å². The van der Waals surface area contributed by atoms with Gasteiger partial charge in [0.2, 0.25) is 0 Å². The second kappa shape index (κ2) is 5.72. The predicted molar refractivity (Wildman–Crippen MR) is 83.5 cm³/mol. The van der Waals surface area contributed by atoms with Gasteiger partial charge in [0.05, 0.1) is 5.69 Å². The number of rotatable bonds is 3. The molecule has 0 atom stereocenters. The van der Waals surface area contributed by atoms with Crippen molar-refractivity contribution in [3.05, 3.63) is 47.2 Å². The third-order valence-corrected chi connectivity index (χ3v) is 4.23. The Labute approximate surface area is 125 Å². The molecule has 1 aromatic heterocycles. The second-order valence-electron chi connectivity index (χ2n) is 5.88. The third-order valence-electron chi connectivity index (χ3n) is 4.23. The lowest BCUT2D eigenvalue weighted by Crippen LogP contribution is -2.14. The summed E-state index contributed by atoms with van der Waals surface area (Å²) in [5.41, 5.74) is 2.93. The molecule has 4 nitrogen and oxygen atoms in total. The topological polar surface area (TPSA) is 46.9 Å². The number of aromatic nitrogens is 2. The molecule has 0 bridgehead atoms. The van der Waals surface area contributed by atoms with Gasteiger partial charge in [-0.15, -0.1) is 0 Å². The van der Waals surface area contributed by atoms with Crippen LogP contribution >= 0.6 is 0 Å². The number of hydrogen-bond donors (Lipinski definition) is 1. The highest BCUT2D eigenvalue weighted by molar-refractivity contribution is 6.03. The Kier molecular flexibility index (Phi) is 3.78. The highest BCUT2D eigenvalue weighted by Gasteiger charge is 2.21. The molecular formula is C17H21N3O. The molecule has 1 aliphatic carbocycles. The zero-order chi connectivity index (χ0) is 14.8. The van der Waals surface area contributed by atoms with Crippen LogP contribution in [0, 0.1) is 6.92 Å². The zero-order valence-electron chi connectivity index (χ0n) is 12.6. The molecular weight excluding hydrogens is 262 g/mol. The monoisotopic (exact) mass is 283 g/mol. The number of hydrogen-bond acceptors (Lipinski definition) is 2. The lowest BCUT2D eigenvalue weighted by molar-refractivity contribution is 0.102. The van der Waals surface area contributed by atoms with Gasteiger partial charge >= 0.3 is 0 Å². The number of anilines is 1. The Hall–Kier alpha value is -2.10. The highest BCUT2D eigenvalue weighted by atomic mass is 16.1. The largest absolute Gasteiger partial charge is 0.307 e. The molecule has 1 N–H and O–H groups in total. The molecule has 1 heterocycles.